The van der Waals surface area contributed by atoms with E-state index in [4.69, 9.17) is 4.74 Å². The van der Waals surface area contributed by atoms with Crippen molar-refractivity contribution in [1.29, 1.82) is 0 Å². The summed E-state index contributed by atoms with van der Waals surface area (Å²) in [5, 5.41) is 13.0. The van der Waals surface area contributed by atoms with Gasteiger partial charge in [-0.25, -0.2) is 0 Å². The van der Waals surface area contributed by atoms with Crippen molar-refractivity contribution in [3.8, 4) is 0 Å². The van der Waals surface area contributed by atoms with E-state index >= 15 is 0 Å². The van der Waals surface area contributed by atoms with Crippen molar-refractivity contribution in [2.24, 2.45) is 0 Å². The van der Waals surface area contributed by atoms with Crippen molar-refractivity contribution in [2.45, 2.75) is 25.3 Å². The van der Waals surface area contributed by atoms with E-state index in [9.17, 15) is 14.9 Å². The molecule has 2 aromatic rings. The molecule has 1 aliphatic rings. The maximum absolute atomic E-state index is 13.0. The fourth-order valence-corrected chi connectivity index (χ4v) is 3.75. The molecule has 0 spiro atoms. The molecule has 1 saturated heterocycles. The zero-order valence-electron chi connectivity index (χ0n) is 13.8. The third kappa shape index (κ3) is 4.43. The Bertz CT molecular complexity index is 726. The number of hydrogen-bond donors (Lipinski definition) is 0. The molecular weight excluding hydrogens is 340 g/mol. The molecule has 132 valence electrons. The summed E-state index contributed by atoms with van der Waals surface area (Å²) < 4.78 is 5.41. The van der Waals surface area contributed by atoms with Crippen molar-refractivity contribution >= 4 is 22.9 Å². The van der Waals surface area contributed by atoms with Gasteiger partial charge in [0.05, 0.1) is 4.92 Å². The Morgan fingerprint density at radius 1 is 1.28 bits per heavy atom. The van der Waals surface area contributed by atoms with E-state index in [1.165, 1.54) is 17.0 Å². The highest BCUT2D eigenvalue weighted by atomic mass is 32.1. The average molecular weight is 360 g/mol. The van der Waals surface area contributed by atoms with E-state index < -0.39 is 4.92 Å². The summed E-state index contributed by atoms with van der Waals surface area (Å²) in [4.78, 5) is 26.7. The fourth-order valence-electron chi connectivity index (χ4n) is 3.05. The molecule has 1 aromatic carbocycles. The van der Waals surface area contributed by atoms with E-state index in [-0.39, 0.29) is 17.6 Å². The van der Waals surface area contributed by atoms with Crippen LogP contribution in [0.5, 0.6) is 0 Å². The normalized spacial score (nSPS) is 15.0. The van der Waals surface area contributed by atoms with E-state index in [2.05, 4.69) is 6.07 Å². The number of hydrogen-bond acceptors (Lipinski definition) is 5. The summed E-state index contributed by atoms with van der Waals surface area (Å²) in [7, 11) is 0. The van der Waals surface area contributed by atoms with Crippen molar-refractivity contribution < 1.29 is 14.5 Å². The third-order valence-corrected chi connectivity index (χ3v) is 5.31. The number of nitrogens with zero attached hydrogens (tertiary/aromatic N) is 2. The minimum absolute atomic E-state index is 0.0592. The van der Waals surface area contributed by atoms with Crippen LogP contribution in [0.3, 0.4) is 0 Å². The molecule has 1 amide bonds. The van der Waals surface area contributed by atoms with Crippen molar-refractivity contribution in [2.75, 3.05) is 19.8 Å². The van der Waals surface area contributed by atoms with Gasteiger partial charge in [0.1, 0.15) is 0 Å². The molecule has 0 radical (unpaired) electrons. The van der Waals surface area contributed by atoms with Crippen LogP contribution in [0.1, 0.15) is 28.1 Å². The molecule has 1 aliphatic heterocycles. The van der Waals surface area contributed by atoms with Crippen LogP contribution in [0.25, 0.3) is 0 Å². The summed E-state index contributed by atoms with van der Waals surface area (Å²) in [6.45, 7) is 1.89. The van der Waals surface area contributed by atoms with Gasteiger partial charge in [-0.1, -0.05) is 12.1 Å². The minimum Gasteiger partial charge on any atom is -0.381 e. The van der Waals surface area contributed by atoms with Crippen LogP contribution < -0.4 is 0 Å². The van der Waals surface area contributed by atoms with Gasteiger partial charge in [0.25, 0.3) is 11.6 Å². The van der Waals surface area contributed by atoms with Crippen LogP contribution in [0.4, 0.5) is 5.69 Å². The lowest BCUT2D eigenvalue weighted by atomic mass is 10.0. The maximum Gasteiger partial charge on any atom is 0.270 e. The lowest BCUT2D eigenvalue weighted by Gasteiger charge is -2.34. The Morgan fingerprint density at radius 3 is 2.76 bits per heavy atom. The summed E-state index contributed by atoms with van der Waals surface area (Å²) in [6.07, 6.45) is 2.38. The van der Waals surface area contributed by atoms with Gasteiger partial charge in [0, 0.05) is 48.4 Å². The first kappa shape index (κ1) is 17.6. The van der Waals surface area contributed by atoms with Gasteiger partial charge in [-0.3, -0.25) is 14.9 Å². The van der Waals surface area contributed by atoms with Crippen molar-refractivity contribution in [3.05, 3.63) is 62.3 Å². The van der Waals surface area contributed by atoms with Gasteiger partial charge in [0.15, 0.2) is 0 Å². The standard InChI is InChI=1S/C18H20N2O4S/c21-18(14-3-1-4-16(13-14)20(22)23)19(15-7-10-24-11-8-15)9-6-17-5-2-12-25-17/h1-5,12-13,15H,6-11H2. The monoisotopic (exact) mass is 360 g/mol. The third-order valence-electron chi connectivity index (χ3n) is 4.38. The van der Waals surface area contributed by atoms with Crippen LogP contribution >= 0.6 is 11.3 Å². The number of benzene rings is 1. The topological polar surface area (TPSA) is 72.7 Å². The molecule has 0 saturated carbocycles. The second-order valence-electron chi connectivity index (χ2n) is 5.98. The largest absolute Gasteiger partial charge is 0.381 e. The Morgan fingerprint density at radius 2 is 2.08 bits per heavy atom. The first-order valence-corrected chi connectivity index (χ1v) is 9.18. The van der Waals surface area contributed by atoms with Crippen LogP contribution in [-0.2, 0) is 11.2 Å². The number of nitro groups is 1. The maximum atomic E-state index is 13.0. The molecule has 6 nitrogen and oxygen atoms in total. The van der Waals surface area contributed by atoms with E-state index in [1.54, 1.807) is 23.5 Å². The predicted molar refractivity (Wildman–Crippen MR) is 96.0 cm³/mol. The molecule has 1 aromatic heterocycles. The molecule has 0 aliphatic carbocycles. The van der Waals surface area contributed by atoms with E-state index in [0.717, 1.165) is 19.3 Å². The Balaban J connectivity index is 1.80. The van der Waals surface area contributed by atoms with Gasteiger partial charge >= 0.3 is 0 Å². The van der Waals surface area contributed by atoms with E-state index in [1.807, 2.05) is 16.3 Å². The highest BCUT2D eigenvalue weighted by molar-refractivity contribution is 7.09. The zero-order valence-corrected chi connectivity index (χ0v) is 14.6. The molecule has 2 heterocycles. The second-order valence-corrected chi connectivity index (χ2v) is 7.01. The first-order chi connectivity index (χ1) is 12.1. The molecule has 0 N–H and O–H groups in total. The number of carbonyl (C=O) groups excluding carboxylic acids is 1. The number of non-ortho nitro benzene ring substituents is 1. The van der Waals surface area contributed by atoms with Gasteiger partial charge in [-0.05, 0) is 36.8 Å². The van der Waals surface area contributed by atoms with Crippen LogP contribution in [-0.4, -0.2) is 41.5 Å². The molecule has 1 fully saturated rings. The van der Waals surface area contributed by atoms with Crippen LogP contribution in [0.2, 0.25) is 0 Å². The number of ether oxygens (including phenoxy) is 1. The molecule has 0 unspecified atom stereocenters. The van der Waals surface area contributed by atoms with Gasteiger partial charge in [-0.15, -0.1) is 11.3 Å². The smallest absolute Gasteiger partial charge is 0.270 e. The van der Waals surface area contributed by atoms with Gasteiger partial charge < -0.3 is 9.64 Å². The summed E-state index contributed by atoms with van der Waals surface area (Å²) in [5.74, 6) is -0.146. The Kier molecular flexibility index (Phi) is 5.78. The Hall–Kier alpha value is -2.25. The summed E-state index contributed by atoms with van der Waals surface area (Å²) in [5.41, 5.74) is 0.308. The number of amides is 1. The lowest BCUT2D eigenvalue weighted by molar-refractivity contribution is -0.384. The first-order valence-electron chi connectivity index (χ1n) is 8.30. The van der Waals surface area contributed by atoms with Crippen molar-refractivity contribution in [3.63, 3.8) is 0 Å². The number of thiophene rings is 1. The Labute approximate surface area is 150 Å². The SMILES string of the molecule is O=C(c1cccc([N+](=O)[O-])c1)N(CCc1cccs1)C1CCOCC1. The number of rotatable bonds is 6. The zero-order chi connectivity index (χ0) is 17.6. The average Bonchev–Trinajstić information content (AvgIpc) is 3.16. The highest BCUT2D eigenvalue weighted by Gasteiger charge is 2.27. The molecule has 25 heavy (non-hydrogen) atoms. The predicted octanol–water partition coefficient (Wildman–Crippen LogP) is 3.52. The second kappa shape index (κ2) is 8.22. The molecule has 0 bridgehead atoms. The molecule has 0 atom stereocenters. The van der Waals surface area contributed by atoms with Crippen LogP contribution in [0, 0.1) is 10.1 Å². The van der Waals surface area contributed by atoms with Gasteiger partial charge in [-0.2, -0.15) is 0 Å². The lowest BCUT2D eigenvalue weighted by Crippen LogP contribution is -2.44. The van der Waals surface area contributed by atoms with Crippen molar-refractivity contribution in [1.82, 2.24) is 4.90 Å². The fraction of sp³-hybridized carbons (Fsp3) is 0.389. The molecular formula is C18H20N2O4S. The summed E-state index contributed by atoms with van der Waals surface area (Å²) in [6, 6.07) is 10.1. The number of carbonyl (C=O) groups is 1. The highest BCUT2D eigenvalue weighted by Crippen LogP contribution is 2.21. The quantitative estimate of drug-likeness (QED) is 0.584. The van der Waals surface area contributed by atoms with Gasteiger partial charge in [0.2, 0.25) is 0 Å². The number of nitro benzene ring substituents is 1. The minimum atomic E-state index is -0.471. The molecule has 7 heteroatoms. The molecule has 3 rings (SSSR count). The van der Waals surface area contributed by atoms with E-state index in [0.29, 0.717) is 25.3 Å². The summed E-state index contributed by atoms with van der Waals surface area (Å²) >= 11 is 1.67. The van der Waals surface area contributed by atoms with Crippen LogP contribution in [0.15, 0.2) is 41.8 Å².